The molecule has 10 heavy (non-hydrogen) atoms. The van der Waals surface area contributed by atoms with Crippen molar-refractivity contribution in [2.45, 2.75) is 6.42 Å². The van der Waals surface area contributed by atoms with Gasteiger partial charge < -0.3 is 9.64 Å². The van der Waals surface area contributed by atoms with Crippen LogP contribution in [0.15, 0.2) is 12.3 Å². The van der Waals surface area contributed by atoms with E-state index in [0.29, 0.717) is 13.0 Å². The first-order valence-corrected chi connectivity index (χ1v) is 3.29. The molecule has 3 nitrogen and oxygen atoms in total. The van der Waals surface area contributed by atoms with Crippen molar-refractivity contribution in [3.8, 4) is 0 Å². The predicted molar refractivity (Wildman–Crippen MR) is 37.3 cm³/mol. The van der Waals surface area contributed by atoms with Gasteiger partial charge in [-0.2, -0.15) is 0 Å². The molecule has 0 saturated carbocycles. The van der Waals surface area contributed by atoms with Gasteiger partial charge in [-0.3, -0.25) is 4.79 Å². The van der Waals surface area contributed by atoms with Gasteiger partial charge in [-0.1, -0.05) is 0 Å². The molecule has 0 atom stereocenters. The Morgan fingerprint density at radius 1 is 1.80 bits per heavy atom. The number of methoxy groups -OCH3 is 1. The Balaban J connectivity index is 2.15. The average Bonchev–Trinajstić information content (AvgIpc) is 1.79. The smallest absolute Gasteiger partial charge is 0.229 e. The minimum Gasteiger partial charge on any atom is -0.384 e. The van der Waals surface area contributed by atoms with Gasteiger partial charge >= 0.3 is 0 Å². The zero-order valence-corrected chi connectivity index (χ0v) is 6.04. The molecule has 1 heterocycles. The topological polar surface area (TPSA) is 29.5 Å². The molecular weight excluding hydrogens is 130 g/mol. The summed E-state index contributed by atoms with van der Waals surface area (Å²) in [6, 6.07) is 0. The molecule has 56 valence electrons. The van der Waals surface area contributed by atoms with Crippen LogP contribution in [-0.4, -0.2) is 31.1 Å². The summed E-state index contributed by atoms with van der Waals surface area (Å²) in [4.78, 5) is 12.7. The minimum absolute atomic E-state index is 0.143. The highest BCUT2D eigenvalue weighted by Crippen LogP contribution is 2.03. The summed E-state index contributed by atoms with van der Waals surface area (Å²) in [6.07, 6.45) is 4.23. The van der Waals surface area contributed by atoms with E-state index in [9.17, 15) is 4.79 Å². The summed E-state index contributed by atoms with van der Waals surface area (Å²) in [5.41, 5.74) is 0. The third-order valence-corrected chi connectivity index (χ3v) is 1.43. The summed E-state index contributed by atoms with van der Waals surface area (Å²) in [5, 5.41) is 0. The first kappa shape index (κ1) is 7.28. The van der Waals surface area contributed by atoms with Crippen LogP contribution in [-0.2, 0) is 9.53 Å². The summed E-state index contributed by atoms with van der Waals surface area (Å²) in [7, 11) is 1.60. The van der Waals surface area contributed by atoms with Crippen LogP contribution in [0, 0.1) is 0 Å². The standard InChI is InChI=1S/C7H11NO2/c1-10-6-3-7(9)8-4-2-5-8/h2,4H,3,5-6H2,1H3. The zero-order valence-electron chi connectivity index (χ0n) is 6.04. The van der Waals surface area contributed by atoms with Gasteiger partial charge in [0.15, 0.2) is 0 Å². The number of hydrogen-bond acceptors (Lipinski definition) is 2. The highest BCUT2D eigenvalue weighted by Gasteiger charge is 2.12. The molecule has 0 spiro atoms. The molecule has 0 aliphatic carbocycles. The van der Waals surface area contributed by atoms with Crippen LogP contribution >= 0.6 is 0 Å². The van der Waals surface area contributed by atoms with Crippen LogP contribution in [0.5, 0.6) is 0 Å². The van der Waals surface area contributed by atoms with Crippen LogP contribution in [0.2, 0.25) is 0 Å². The number of amides is 1. The van der Waals surface area contributed by atoms with Gasteiger partial charge in [0.1, 0.15) is 0 Å². The second kappa shape index (κ2) is 3.37. The first-order valence-electron chi connectivity index (χ1n) is 3.29. The van der Waals surface area contributed by atoms with Crippen LogP contribution < -0.4 is 0 Å². The molecule has 0 unspecified atom stereocenters. The monoisotopic (exact) mass is 141 g/mol. The minimum atomic E-state index is 0.143. The SMILES string of the molecule is COCCC(=O)N1C=CC1. The second-order valence-electron chi connectivity index (χ2n) is 2.17. The van der Waals surface area contributed by atoms with Gasteiger partial charge in [0.25, 0.3) is 0 Å². The maximum Gasteiger partial charge on any atom is 0.229 e. The van der Waals surface area contributed by atoms with E-state index in [-0.39, 0.29) is 5.91 Å². The van der Waals surface area contributed by atoms with Crippen molar-refractivity contribution in [1.82, 2.24) is 4.90 Å². The quantitative estimate of drug-likeness (QED) is 0.568. The van der Waals surface area contributed by atoms with Crippen molar-refractivity contribution in [3.63, 3.8) is 0 Å². The lowest BCUT2D eigenvalue weighted by molar-refractivity contribution is -0.129. The number of hydrogen-bond donors (Lipinski definition) is 0. The highest BCUT2D eigenvalue weighted by atomic mass is 16.5. The normalized spacial score (nSPS) is 15.1. The molecule has 3 heteroatoms. The fourth-order valence-electron chi connectivity index (χ4n) is 0.729. The molecule has 0 fully saturated rings. The zero-order chi connectivity index (χ0) is 7.40. The molecular formula is C7H11NO2. The Morgan fingerprint density at radius 3 is 2.90 bits per heavy atom. The van der Waals surface area contributed by atoms with E-state index in [0.717, 1.165) is 6.54 Å². The molecule has 0 N–H and O–H groups in total. The first-order chi connectivity index (χ1) is 4.84. The van der Waals surface area contributed by atoms with Crippen LogP contribution in [0.4, 0.5) is 0 Å². The summed E-state index contributed by atoms with van der Waals surface area (Å²) in [5.74, 6) is 0.143. The molecule has 1 rings (SSSR count). The molecule has 1 aliphatic rings. The fraction of sp³-hybridized carbons (Fsp3) is 0.571. The molecule has 0 radical (unpaired) electrons. The van der Waals surface area contributed by atoms with Gasteiger partial charge in [-0.05, 0) is 6.08 Å². The largest absolute Gasteiger partial charge is 0.384 e. The second-order valence-corrected chi connectivity index (χ2v) is 2.17. The predicted octanol–water partition coefficient (Wildman–Crippen LogP) is 0.379. The molecule has 1 aliphatic heterocycles. The van der Waals surface area contributed by atoms with Gasteiger partial charge in [-0.15, -0.1) is 0 Å². The number of carbonyl (C=O) groups excluding carboxylic acids is 1. The van der Waals surface area contributed by atoms with Crippen molar-refractivity contribution in [3.05, 3.63) is 12.3 Å². The Labute approximate surface area is 60.3 Å². The van der Waals surface area contributed by atoms with Gasteiger partial charge in [-0.25, -0.2) is 0 Å². The lowest BCUT2D eigenvalue weighted by Gasteiger charge is -2.22. The van der Waals surface area contributed by atoms with Gasteiger partial charge in [0, 0.05) is 19.9 Å². The van der Waals surface area contributed by atoms with Crippen molar-refractivity contribution < 1.29 is 9.53 Å². The summed E-state index contributed by atoms with van der Waals surface area (Å²) < 4.78 is 4.76. The number of ether oxygens (including phenoxy) is 1. The third kappa shape index (κ3) is 1.57. The fourth-order valence-corrected chi connectivity index (χ4v) is 0.729. The summed E-state index contributed by atoms with van der Waals surface area (Å²) >= 11 is 0. The van der Waals surface area contributed by atoms with Crippen LogP contribution in [0.25, 0.3) is 0 Å². The van der Waals surface area contributed by atoms with Crippen molar-refractivity contribution in [2.24, 2.45) is 0 Å². The number of nitrogens with zero attached hydrogens (tertiary/aromatic N) is 1. The van der Waals surface area contributed by atoms with E-state index < -0.39 is 0 Å². The van der Waals surface area contributed by atoms with Crippen molar-refractivity contribution in [2.75, 3.05) is 20.3 Å². The molecule has 0 aromatic carbocycles. The van der Waals surface area contributed by atoms with E-state index in [1.807, 2.05) is 6.08 Å². The van der Waals surface area contributed by atoms with E-state index in [1.165, 1.54) is 0 Å². The maximum absolute atomic E-state index is 11.0. The van der Waals surface area contributed by atoms with Gasteiger partial charge in [0.2, 0.25) is 5.91 Å². The third-order valence-electron chi connectivity index (χ3n) is 1.43. The van der Waals surface area contributed by atoms with E-state index in [1.54, 1.807) is 18.2 Å². The van der Waals surface area contributed by atoms with E-state index in [4.69, 9.17) is 4.74 Å². The van der Waals surface area contributed by atoms with E-state index in [2.05, 4.69) is 0 Å². The lowest BCUT2D eigenvalue weighted by atomic mass is 10.3. The average molecular weight is 141 g/mol. The van der Waals surface area contributed by atoms with Crippen molar-refractivity contribution >= 4 is 5.91 Å². The Morgan fingerprint density at radius 2 is 2.50 bits per heavy atom. The molecule has 0 saturated heterocycles. The van der Waals surface area contributed by atoms with Crippen LogP contribution in [0.1, 0.15) is 6.42 Å². The highest BCUT2D eigenvalue weighted by molar-refractivity contribution is 5.78. The van der Waals surface area contributed by atoms with Gasteiger partial charge in [0.05, 0.1) is 13.0 Å². The molecule has 0 aromatic heterocycles. The molecule has 0 aromatic rings. The Hall–Kier alpha value is -0.830. The lowest BCUT2D eigenvalue weighted by Crippen LogP contribution is -2.31. The summed E-state index contributed by atoms with van der Waals surface area (Å²) in [6.45, 7) is 1.28. The number of carbonyl (C=O) groups is 1. The molecule has 1 amide bonds. The molecule has 0 bridgehead atoms. The number of rotatable bonds is 3. The van der Waals surface area contributed by atoms with Crippen LogP contribution in [0.3, 0.4) is 0 Å². The Kier molecular flexibility index (Phi) is 2.45. The van der Waals surface area contributed by atoms with E-state index >= 15 is 0 Å². The Bertz CT molecular complexity index is 154. The van der Waals surface area contributed by atoms with Crippen molar-refractivity contribution in [1.29, 1.82) is 0 Å². The maximum atomic E-state index is 11.0.